The Balaban J connectivity index is 1.90. The minimum absolute atomic E-state index is 0.00840. The zero-order valence-corrected chi connectivity index (χ0v) is 18.5. The van der Waals surface area contributed by atoms with Crippen LogP contribution in [0.15, 0.2) is 36.4 Å². The first kappa shape index (κ1) is 18.0. The van der Waals surface area contributed by atoms with Gasteiger partial charge in [-0.3, -0.25) is 4.57 Å². The molecule has 1 unspecified atom stereocenters. The first-order chi connectivity index (χ1) is 12.9. The zero-order chi connectivity index (χ0) is 20.3. The third kappa shape index (κ3) is 1.88. The van der Waals surface area contributed by atoms with E-state index in [0.29, 0.717) is 5.75 Å². The molecule has 1 aliphatic heterocycles. The lowest BCUT2D eigenvalue weighted by Gasteiger charge is -2.44. The van der Waals surface area contributed by atoms with Gasteiger partial charge in [0.25, 0.3) is 0 Å². The molecule has 2 aromatic carbocycles. The van der Waals surface area contributed by atoms with Gasteiger partial charge in [-0.05, 0) is 51.6 Å². The van der Waals surface area contributed by atoms with Crippen molar-refractivity contribution in [1.29, 1.82) is 0 Å². The summed E-state index contributed by atoms with van der Waals surface area (Å²) in [5.74, 6) is 1.38. The number of hydrogen-bond acceptors (Lipinski definition) is 3. The standard InChI is InChI=1S/C23H27N2O2P/c1-21(2)15-12-17-18(13-16(15)22(3,4)23(21,5)6)25-20(24-17)14-10-8-9-11-19(14)27-28(25,7)26/h8-13H,1-7H3. The van der Waals surface area contributed by atoms with Crippen molar-refractivity contribution in [3.63, 3.8) is 0 Å². The molecule has 5 heteroatoms. The molecular weight excluding hydrogens is 367 g/mol. The molecule has 4 nitrogen and oxygen atoms in total. The molecule has 0 radical (unpaired) electrons. The van der Waals surface area contributed by atoms with Gasteiger partial charge in [0.2, 0.25) is 0 Å². The minimum Gasteiger partial charge on any atom is -0.428 e. The summed E-state index contributed by atoms with van der Waals surface area (Å²) in [4.78, 5) is 4.94. The molecule has 3 aromatic rings. The van der Waals surface area contributed by atoms with Crippen molar-refractivity contribution in [2.24, 2.45) is 5.41 Å². The Morgan fingerprint density at radius 2 is 1.57 bits per heavy atom. The average molecular weight is 394 g/mol. The Morgan fingerprint density at radius 3 is 2.25 bits per heavy atom. The minimum atomic E-state index is -3.08. The van der Waals surface area contributed by atoms with Gasteiger partial charge < -0.3 is 4.52 Å². The van der Waals surface area contributed by atoms with Crippen LogP contribution in [0.25, 0.3) is 22.4 Å². The maximum atomic E-state index is 13.5. The quantitative estimate of drug-likeness (QED) is 0.417. The van der Waals surface area contributed by atoms with Crippen molar-refractivity contribution in [2.75, 3.05) is 6.66 Å². The predicted octanol–water partition coefficient (Wildman–Crippen LogP) is 6.36. The molecule has 28 heavy (non-hydrogen) atoms. The molecule has 0 fully saturated rings. The van der Waals surface area contributed by atoms with Crippen molar-refractivity contribution in [1.82, 2.24) is 9.32 Å². The van der Waals surface area contributed by atoms with E-state index in [1.165, 1.54) is 11.1 Å². The Kier molecular flexibility index (Phi) is 3.16. The predicted molar refractivity (Wildman–Crippen MR) is 115 cm³/mol. The third-order valence-corrected chi connectivity index (χ3v) is 9.67. The zero-order valence-electron chi connectivity index (χ0n) is 17.6. The summed E-state index contributed by atoms with van der Waals surface area (Å²) in [7, 11) is -3.08. The molecule has 2 aliphatic rings. The molecule has 2 heterocycles. The highest BCUT2D eigenvalue weighted by molar-refractivity contribution is 7.57. The SMILES string of the molecule is CC1(C)c2cc3nc4n(c3cc2C(C)(C)C1(C)C)P(C)(=O)Oc1ccccc1-4. The average Bonchev–Trinajstić information content (AvgIpc) is 3.03. The second-order valence-electron chi connectivity index (χ2n) is 9.90. The fourth-order valence-corrected chi connectivity index (χ4v) is 6.75. The number of nitrogens with zero attached hydrogens (tertiary/aromatic N) is 2. The van der Waals surface area contributed by atoms with Crippen LogP contribution in [0.1, 0.15) is 52.7 Å². The van der Waals surface area contributed by atoms with Crippen LogP contribution in [0.4, 0.5) is 0 Å². The smallest absolute Gasteiger partial charge is 0.346 e. The van der Waals surface area contributed by atoms with Crippen LogP contribution >= 0.6 is 7.52 Å². The second kappa shape index (κ2) is 4.91. The Hall–Kier alpha value is -2.06. The summed E-state index contributed by atoms with van der Waals surface area (Å²) in [5, 5.41) is 0. The van der Waals surface area contributed by atoms with Gasteiger partial charge in [0.15, 0.2) is 5.82 Å². The lowest BCUT2D eigenvalue weighted by Crippen LogP contribution is -2.42. The molecule has 0 N–H and O–H groups in total. The number of rotatable bonds is 0. The molecule has 146 valence electrons. The van der Waals surface area contributed by atoms with Crippen molar-refractivity contribution < 1.29 is 9.09 Å². The first-order valence-corrected chi connectivity index (χ1v) is 11.9. The second-order valence-corrected chi connectivity index (χ2v) is 12.1. The van der Waals surface area contributed by atoms with Crippen LogP contribution in [0, 0.1) is 5.41 Å². The van der Waals surface area contributed by atoms with Crippen LogP contribution in [0.5, 0.6) is 5.75 Å². The summed E-state index contributed by atoms with van der Waals surface area (Å²) < 4.78 is 21.3. The summed E-state index contributed by atoms with van der Waals surface area (Å²) >= 11 is 0. The summed E-state index contributed by atoms with van der Waals surface area (Å²) in [5.41, 5.74) is 5.40. The number of aromatic nitrogens is 2. The van der Waals surface area contributed by atoms with E-state index < -0.39 is 7.52 Å². The highest BCUT2D eigenvalue weighted by Crippen LogP contribution is 2.63. The van der Waals surface area contributed by atoms with Crippen molar-refractivity contribution in [3.05, 3.63) is 47.5 Å². The molecule has 0 saturated heterocycles. The van der Waals surface area contributed by atoms with Crippen LogP contribution in [-0.4, -0.2) is 16.0 Å². The lowest BCUT2D eigenvalue weighted by molar-refractivity contribution is 0.125. The molecular formula is C23H27N2O2P. The lowest BCUT2D eigenvalue weighted by atomic mass is 9.59. The normalized spacial score (nSPS) is 25.7. The highest BCUT2D eigenvalue weighted by atomic mass is 31.2. The first-order valence-electron chi connectivity index (χ1n) is 9.84. The van der Waals surface area contributed by atoms with Gasteiger partial charge in [-0.15, -0.1) is 0 Å². The molecule has 0 saturated carbocycles. The third-order valence-electron chi connectivity index (χ3n) is 8.00. The fourth-order valence-electron chi connectivity index (χ4n) is 5.10. The van der Waals surface area contributed by atoms with E-state index in [0.717, 1.165) is 22.4 Å². The van der Waals surface area contributed by atoms with E-state index in [1.807, 2.05) is 28.6 Å². The summed E-state index contributed by atoms with van der Waals surface area (Å²) in [6.45, 7) is 15.7. The Labute approximate surface area is 166 Å². The van der Waals surface area contributed by atoms with Gasteiger partial charge in [-0.25, -0.2) is 9.32 Å². The maximum Gasteiger partial charge on any atom is 0.346 e. The number of benzene rings is 2. The summed E-state index contributed by atoms with van der Waals surface area (Å²) in [6, 6.07) is 12.1. The fraction of sp³-hybridized carbons (Fsp3) is 0.435. The summed E-state index contributed by atoms with van der Waals surface area (Å²) in [6.07, 6.45) is 0. The Bertz CT molecular complexity index is 1220. The van der Waals surface area contributed by atoms with Gasteiger partial charge >= 0.3 is 7.52 Å². The molecule has 1 aromatic heterocycles. The highest BCUT2D eigenvalue weighted by Gasteiger charge is 2.57. The molecule has 0 spiro atoms. The van der Waals surface area contributed by atoms with Gasteiger partial charge in [-0.1, -0.05) is 53.7 Å². The number of para-hydroxylation sites is 1. The van der Waals surface area contributed by atoms with Crippen LogP contribution < -0.4 is 4.52 Å². The monoisotopic (exact) mass is 394 g/mol. The molecule has 5 rings (SSSR count). The maximum absolute atomic E-state index is 13.5. The number of fused-ring (bicyclic) bond motifs is 6. The molecule has 0 bridgehead atoms. The molecule has 1 atom stereocenters. The van der Waals surface area contributed by atoms with Gasteiger partial charge in [0.05, 0.1) is 16.6 Å². The van der Waals surface area contributed by atoms with Gasteiger partial charge in [-0.2, -0.15) is 0 Å². The Morgan fingerprint density at radius 1 is 0.964 bits per heavy atom. The van der Waals surface area contributed by atoms with Crippen LogP contribution in [0.2, 0.25) is 0 Å². The van der Waals surface area contributed by atoms with Crippen LogP contribution in [0.3, 0.4) is 0 Å². The van der Waals surface area contributed by atoms with E-state index >= 15 is 0 Å². The van der Waals surface area contributed by atoms with E-state index in [2.05, 4.69) is 53.7 Å². The molecule has 0 amide bonds. The van der Waals surface area contributed by atoms with Crippen LogP contribution in [-0.2, 0) is 15.4 Å². The topological polar surface area (TPSA) is 44.1 Å². The largest absolute Gasteiger partial charge is 0.428 e. The number of imidazole rings is 1. The van der Waals surface area contributed by atoms with Crippen molar-refractivity contribution >= 4 is 18.6 Å². The van der Waals surface area contributed by atoms with Crippen molar-refractivity contribution in [2.45, 2.75) is 52.4 Å². The molecule has 1 aliphatic carbocycles. The van der Waals surface area contributed by atoms with E-state index in [9.17, 15) is 4.57 Å². The van der Waals surface area contributed by atoms with E-state index in [-0.39, 0.29) is 16.2 Å². The van der Waals surface area contributed by atoms with Gasteiger partial charge in [0, 0.05) is 6.66 Å². The van der Waals surface area contributed by atoms with Crippen molar-refractivity contribution in [3.8, 4) is 17.1 Å². The van der Waals surface area contributed by atoms with E-state index in [4.69, 9.17) is 9.51 Å². The number of hydrogen-bond donors (Lipinski definition) is 0. The van der Waals surface area contributed by atoms with E-state index in [1.54, 1.807) is 6.66 Å². The van der Waals surface area contributed by atoms with Gasteiger partial charge in [0.1, 0.15) is 5.75 Å².